The summed E-state index contributed by atoms with van der Waals surface area (Å²) in [4.78, 5) is 25.2. The van der Waals surface area contributed by atoms with E-state index in [1.165, 1.54) is 0 Å². The monoisotopic (exact) mass is 366 g/mol. The molecular formula is C18H22N8O. The molecule has 3 aromatic heterocycles. The average Bonchev–Trinajstić information content (AvgIpc) is 3.28. The van der Waals surface area contributed by atoms with Crippen LogP contribution in [0.15, 0.2) is 48.0 Å². The summed E-state index contributed by atoms with van der Waals surface area (Å²) in [6.07, 6.45) is 7.52. The Kier molecular flexibility index (Phi) is 4.49. The lowest BCUT2D eigenvalue weighted by Crippen LogP contribution is -2.55. The fourth-order valence-electron chi connectivity index (χ4n) is 3.25. The highest BCUT2D eigenvalue weighted by atomic mass is 16.2. The van der Waals surface area contributed by atoms with E-state index < -0.39 is 0 Å². The van der Waals surface area contributed by atoms with E-state index >= 15 is 0 Å². The van der Waals surface area contributed by atoms with Gasteiger partial charge in [-0.05, 0) is 12.1 Å². The van der Waals surface area contributed by atoms with Crippen LogP contribution in [0.5, 0.6) is 0 Å². The first-order valence-corrected chi connectivity index (χ1v) is 8.81. The molecule has 1 N–H and O–H groups in total. The number of nitrogens with one attached hydrogen (secondary N) is 1. The second-order valence-electron chi connectivity index (χ2n) is 6.44. The number of nitrogens with zero attached hydrogens (tertiary/aromatic N) is 7. The first-order chi connectivity index (χ1) is 13.1. The molecule has 1 aliphatic rings. The molecule has 9 nitrogen and oxygen atoms in total. The van der Waals surface area contributed by atoms with Crippen molar-refractivity contribution in [3.05, 3.63) is 48.7 Å². The third-order valence-corrected chi connectivity index (χ3v) is 4.58. The molecule has 4 rings (SSSR count). The van der Waals surface area contributed by atoms with Crippen LogP contribution in [0.1, 0.15) is 5.69 Å². The van der Waals surface area contributed by atoms with Crippen molar-refractivity contribution in [3.8, 4) is 0 Å². The van der Waals surface area contributed by atoms with Crippen molar-refractivity contribution < 1.29 is 4.79 Å². The van der Waals surface area contributed by atoms with Gasteiger partial charge in [-0.15, -0.1) is 0 Å². The van der Waals surface area contributed by atoms with Crippen molar-refractivity contribution in [3.63, 3.8) is 0 Å². The number of anilines is 1. The summed E-state index contributed by atoms with van der Waals surface area (Å²) in [5, 5.41) is 7.45. The van der Waals surface area contributed by atoms with Gasteiger partial charge >= 0.3 is 0 Å². The zero-order valence-electron chi connectivity index (χ0n) is 15.4. The number of carbonyl (C=O) groups excluding carboxylic acids is 1. The third kappa shape index (κ3) is 3.48. The number of imidazole rings is 1. The van der Waals surface area contributed by atoms with Gasteiger partial charge in [-0.2, -0.15) is 5.10 Å². The second kappa shape index (κ2) is 7.10. The molecule has 1 amide bonds. The lowest BCUT2D eigenvalue weighted by atomic mass is 10.3. The van der Waals surface area contributed by atoms with Crippen LogP contribution in [0.3, 0.4) is 0 Å². The van der Waals surface area contributed by atoms with Crippen LogP contribution in [0, 0.1) is 0 Å². The van der Waals surface area contributed by atoms with Crippen molar-refractivity contribution >= 4 is 23.2 Å². The van der Waals surface area contributed by atoms with Crippen molar-refractivity contribution in [2.24, 2.45) is 12.0 Å². The Hall–Kier alpha value is -3.36. The molecule has 0 saturated carbocycles. The fraction of sp³-hybridized carbons (Fsp3) is 0.333. The Morgan fingerprint density at radius 1 is 1.30 bits per heavy atom. The van der Waals surface area contributed by atoms with Gasteiger partial charge in [0, 0.05) is 45.8 Å². The standard InChI is InChI=1S/C18H22N8O/c1-19-18(20-9-14-11-24-6-4-3-5-16(24)22-14)25-7-8-26(17(27)13-25)15-10-21-23(2)12-15/h3-6,10-12H,7-9,13H2,1-2H3,(H,19,20). The SMILES string of the molecule is CN=C(NCc1cn2ccccc2n1)N1CCN(c2cnn(C)c2)C(=O)C1. The Morgan fingerprint density at radius 2 is 2.19 bits per heavy atom. The number of aliphatic imine (C=N–C) groups is 1. The summed E-state index contributed by atoms with van der Waals surface area (Å²) in [6, 6.07) is 5.90. The number of aromatic nitrogens is 4. The summed E-state index contributed by atoms with van der Waals surface area (Å²) in [5.74, 6) is 0.733. The molecule has 1 fully saturated rings. The van der Waals surface area contributed by atoms with Gasteiger partial charge < -0.3 is 19.5 Å². The Labute approximate surface area is 156 Å². The zero-order chi connectivity index (χ0) is 18.8. The first kappa shape index (κ1) is 17.1. The van der Waals surface area contributed by atoms with Crippen molar-refractivity contribution in [1.29, 1.82) is 0 Å². The zero-order valence-corrected chi connectivity index (χ0v) is 15.4. The highest BCUT2D eigenvalue weighted by Crippen LogP contribution is 2.16. The number of aryl methyl sites for hydroxylation is 1. The maximum Gasteiger partial charge on any atom is 0.246 e. The molecule has 9 heteroatoms. The van der Waals surface area contributed by atoms with Gasteiger partial charge in [-0.3, -0.25) is 14.5 Å². The van der Waals surface area contributed by atoms with Gasteiger partial charge in [-0.25, -0.2) is 4.98 Å². The van der Waals surface area contributed by atoms with Crippen LogP contribution in [-0.2, 0) is 18.4 Å². The second-order valence-corrected chi connectivity index (χ2v) is 6.44. The summed E-state index contributed by atoms with van der Waals surface area (Å²) in [6.45, 7) is 2.12. The van der Waals surface area contributed by atoms with Crippen LogP contribution in [0.25, 0.3) is 5.65 Å². The number of guanidine groups is 1. The number of amides is 1. The molecular weight excluding hydrogens is 344 g/mol. The van der Waals surface area contributed by atoms with Gasteiger partial charge in [0.05, 0.1) is 24.1 Å². The van der Waals surface area contributed by atoms with Crippen LogP contribution in [0.2, 0.25) is 0 Å². The molecule has 0 aromatic carbocycles. The molecule has 4 heterocycles. The molecule has 0 radical (unpaired) electrons. The third-order valence-electron chi connectivity index (χ3n) is 4.58. The van der Waals surface area contributed by atoms with Crippen LogP contribution in [0.4, 0.5) is 5.69 Å². The molecule has 1 aliphatic heterocycles. The van der Waals surface area contributed by atoms with Crippen molar-refractivity contribution in [2.75, 3.05) is 31.6 Å². The number of pyridine rings is 1. The molecule has 140 valence electrons. The van der Waals surface area contributed by atoms with E-state index in [1.807, 2.05) is 53.1 Å². The van der Waals surface area contributed by atoms with E-state index in [0.717, 1.165) is 17.0 Å². The first-order valence-electron chi connectivity index (χ1n) is 8.81. The normalized spacial score (nSPS) is 15.6. The molecule has 3 aromatic rings. The average molecular weight is 366 g/mol. The van der Waals surface area contributed by atoms with Gasteiger partial charge in [0.15, 0.2) is 5.96 Å². The number of carbonyl (C=O) groups is 1. The van der Waals surface area contributed by atoms with E-state index in [4.69, 9.17) is 0 Å². The van der Waals surface area contributed by atoms with Crippen molar-refractivity contribution in [1.82, 2.24) is 29.4 Å². The molecule has 0 unspecified atom stereocenters. The largest absolute Gasteiger partial charge is 0.351 e. The highest BCUT2D eigenvalue weighted by Gasteiger charge is 2.27. The maximum atomic E-state index is 12.6. The molecule has 0 aliphatic carbocycles. The minimum Gasteiger partial charge on any atom is -0.351 e. The predicted octanol–water partition coefficient (Wildman–Crippen LogP) is 0.492. The van der Waals surface area contributed by atoms with Crippen LogP contribution < -0.4 is 10.2 Å². The Bertz CT molecular complexity index is 955. The van der Waals surface area contributed by atoms with Gasteiger partial charge in [0.1, 0.15) is 12.2 Å². The lowest BCUT2D eigenvalue weighted by molar-refractivity contribution is -0.120. The molecule has 0 bridgehead atoms. The van der Waals surface area contributed by atoms with Crippen molar-refractivity contribution in [2.45, 2.75) is 6.54 Å². The predicted molar refractivity (Wildman–Crippen MR) is 103 cm³/mol. The molecule has 0 atom stereocenters. The number of fused-ring (bicyclic) bond motifs is 1. The number of piperazine rings is 1. The van der Waals surface area contributed by atoms with Gasteiger partial charge in [-0.1, -0.05) is 6.07 Å². The Balaban J connectivity index is 1.39. The number of hydrogen-bond acceptors (Lipinski definition) is 4. The molecule has 0 spiro atoms. The summed E-state index contributed by atoms with van der Waals surface area (Å²) in [5.41, 5.74) is 2.65. The molecule has 1 saturated heterocycles. The smallest absolute Gasteiger partial charge is 0.246 e. The van der Waals surface area contributed by atoms with E-state index in [2.05, 4.69) is 20.4 Å². The number of hydrogen-bond donors (Lipinski definition) is 1. The van der Waals surface area contributed by atoms with E-state index in [0.29, 0.717) is 25.6 Å². The minimum atomic E-state index is 0.0323. The highest BCUT2D eigenvalue weighted by molar-refractivity contribution is 5.98. The van der Waals surface area contributed by atoms with Gasteiger partial charge in [0.2, 0.25) is 5.91 Å². The van der Waals surface area contributed by atoms with E-state index in [1.54, 1.807) is 22.8 Å². The van der Waals surface area contributed by atoms with E-state index in [9.17, 15) is 4.79 Å². The molecule has 27 heavy (non-hydrogen) atoms. The fourth-order valence-corrected chi connectivity index (χ4v) is 3.25. The summed E-state index contributed by atoms with van der Waals surface area (Å²) >= 11 is 0. The summed E-state index contributed by atoms with van der Waals surface area (Å²) < 4.78 is 3.68. The lowest BCUT2D eigenvalue weighted by Gasteiger charge is -2.35. The van der Waals surface area contributed by atoms with Crippen LogP contribution in [-0.4, -0.2) is 62.6 Å². The summed E-state index contributed by atoms with van der Waals surface area (Å²) in [7, 11) is 3.57. The van der Waals surface area contributed by atoms with E-state index in [-0.39, 0.29) is 12.5 Å². The maximum absolute atomic E-state index is 12.6. The quantitative estimate of drug-likeness (QED) is 0.539. The topological polar surface area (TPSA) is 83.1 Å². The minimum absolute atomic E-state index is 0.0323. The Morgan fingerprint density at radius 3 is 2.89 bits per heavy atom. The van der Waals surface area contributed by atoms with Crippen LogP contribution >= 0.6 is 0 Å². The van der Waals surface area contributed by atoms with Gasteiger partial charge in [0.25, 0.3) is 0 Å². The number of rotatable bonds is 3.